The van der Waals surface area contributed by atoms with Gasteiger partial charge in [0.2, 0.25) is 14.3 Å². The molecule has 3 aromatic rings. The predicted octanol–water partition coefficient (Wildman–Crippen LogP) is 7.86. The number of pyridine rings is 1. The zero-order valence-electron chi connectivity index (χ0n) is 29.7. The van der Waals surface area contributed by atoms with E-state index in [2.05, 4.69) is 63.2 Å². The van der Waals surface area contributed by atoms with Crippen LogP contribution in [0.2, 0.25) is 16.6 Å². The number of ether oxygens (including phenoxy) is 2. The summed E-state index contributed by atoms with van der Waals surface area (Å²) in [5, 5.41) is 5.71. The van der Waals surface area contributed by atoms with Gasteiger partial charge in [0.15, 0.2) is 5.69 Å². The van der Waals surface area contributed by atoms with E-state index in [-0.39, 0.29) is 11.3 Å². The van der Waals surface area contributed by atoms with Crippen molar-refractivity contribution >= 4 is 43.3 Å². The molecule has 2 amide bonds. The normalized spacial score (nSPS) is 12.2. The van der Waals surface area contributed by atoms with E-state index in [0.717, 1.165) is 35.9 Å². The first kappa shape index (κ1) is 37.7. The summed E-state index contributed by atoms with van der Waals surface area (Å²) in [6, 6.07) is 9.23. The highest BCUT2D eigenvalue weighted by molar-refractivity contribution is 6.77. The molecule has 1 aromatic carbocycles. The summed E-state index contributed by atoms with van der Waals surface area (Å²) >= 11 is 0. The van der Waals surface area contributed by atoms with Crippen molar-refractivity contribution in [1.29, 1.82) is 0 Å². The summed E-state index contributed by atoms with van der Waals surface area (Å²) in [5.41, 5.74) is 3.51. The number of nitrogens with one attached hydrogen (secondary N) is 2. The summed E-state index contributed by atoms with van der Waals surface area (Å²) in [6.07, 6.45) is 3.38. The standard InChI is InChI=1S/C35H53N5O6Si/c1-23(2)47(24(3)4,25(5)6)45-22-26-16-17-29-28(21-26)38-33(39-31(41)27-15-14-19-36-30(27)32(42)44-10)40(29)20-13-11-12-18-37-34(43)46-35(7,8)9/h14-17,19,21,23-25H,11-13,18,20,22H2,1-10H3,(H,37,43)(H,38,39,41). The van der Waals surface area contributed by atoms with Crippen molar-refractivity contribution in [3.05, 3.63) is 53.3 Å². The molecule has 11 nitrogen and oxygen atoms in total. The molecule has 3 rings (SSSR count). The molecule has 2 heterocycles. The van der Waals surface area contributed by atoms with Crippen LogP contribution >= 0.6 is 0 Å². The predicted molar refractivity (Wildman–Crippen MR) is 187 cm³/mol. The van der Waals surface area contributed by atoms with Crippen molar-refractivity contribution < 1.29 is 28.3 Å². The van der Waals surface area contributed by atoms with Gasteiger partial charge in [-0.3, -0.25) is 10.1 Å². The molecule has 0 saturated carbocycles. The average Bonchev–Trinajstić information content (AvgIpc) is 3.33. The van der Waals surface area contributed by atoms with Crippen molar-refractivity contribution in [2.75, 3.05) is 19.0 Å². The molecule has 0 saturated heterocycles. The number of nitrogens with zero attached hydrogens (tertiary/aromatic N) is 3. The molecule has 0 spiro atoms. The van der Waals surface area contributed by atoms with Gasteiger partial charge in [0.25, 0.3) is 5.91 Å². The van der Waals surface area contributed by atoms with E-state index in [9.17, 15) is 14.4 Å². The first-order valence-corrected chi connectivity index (χ1v) is 18.7. The zero-order chi connectivity index (χ0) is 34.9. The number of unbranched alkanes of at least 4 members (excludes halogenated alkanes) is 2. The molecule has 0 unspecified atom stereocenters. The van der Waals surface area contributed by atoms with Gasteiger partial charge in [0.05, 0.1) is 30.3 Å². The molecular formula is C35H53N5O6Si. The first-order chi connectivity index (χ1) is 22.1. The van der Waals surface area contributed by atoms with Crippen LogP contribution in [0, 0.1) is 0 Å². The maximum atomic E-state index is 13.5. The number of methoxy groups -OCH3 is 1. The third-order valence-electron chi connectivity index (χ3n) is 8.39. The third kappa shape index (κ3) is 9.63. The van der Waals surface area contributed by atoms with E-state index in [1.807, 2.05) is 37.5 Å². The van der Waals surface area contributed by atoms with Crippen LogP contribution in [0.5, 0.6) is 0 Å². The number of benzene rings is 1. The van der Waals surface area contributed by atoms with Crippen LogP contribution in [0.25, 0.3) is 11.0 Å². The molecule has 0 radical (unpaired) electrons. The van der Waals surface area contributed by atoms with Crippen molar-refractivity contribution in [1.82, 2.24) is 19.9 Å². The second kappa shape index (κ2) is 16.4. The molecule has 0 bridgehead atoms. The Labute approximate surface area is 280 Å². The molecule has 12 heteroatoms. The highest BCUT2D eigenvalue weighted by Gasteiger charge is 2.45. The van der Waals surface area contributed by atoms with Crippen LogP contribution < -0.4 is 10.6 Å². The Morgan fingerprint density at radius 3 is 2.26 bits per heavy atom. The summed E-state index contributed by atoms with van der Waals surface area (Å²) in [6.45, 7) is 20.7. The monoisotopic (exact) mass is 667 g/mol. The summed E-state index contributed by atoms with van der Waals surface area (Å²) < 4.78 is 19.0. The second-order valence-corrected chi connectivity index (χ2v) is 19.3. The van der Waals surface area contributed by atoms with Gasteiger partial charge in [-0.2, -0.15) is 0 Å². The fourth-order valence-corrected chi connectivity index (χ4v) is 11.8. The summed E-state index contributed by atoms with van der Waals surface area (Å²) in [7, 11) is -0.821. The van der Waals surface area contributed by atoms with Gasteiger partial charge in [-0.25, -0.2) is 19.6 Å². The molecule has 47 heavy (non-hydrogen) atoms. The highest BCUT2D eigenvalue weighted by atomic mass is 28.4. The van der Waals surface area contributed by atoms with E-state index in [1.165, 1.54) is 19.4 Å². The van der Waals surface area contributed by atoms with Gasteiger partial charge >= 0.3 is 12.1 Å². The maximum absolute atomic E-state index is 13.5. The Morgan fingerprint density at radius 2 is 1.64 bits per heavy atom. The SMILES string of the molecule is COC(=O)c1ncccc1C(=O)Nc1nc2cc(CO[Si](C(C)C)(C(C)C)C(C)C)ccc2n1CCCCCNC(=O)OC(C)(C)C. The first-order valence-electron chi connectivity index (χ1n) is 16.5. The van der Waals surface area contributed by atoms with E-state index >= 15 is 0 Å². The maximum Gasteiger partial charge on any atom is 0.407 e. The number of anilines is 1. The topological polar surface area (TPSA) is 134 Å². The zero-order valence-corrected chi connectivity index (χ0v) is 30.7. The molecule has 0 aliphatic carbocycles. The Kier molecular flexibility index (Phi) is 13.1. The number of hydrogen-bond donors (Lipinski definition) is 2. The van der Waals surface area contributed by atoms with Crippen LogP contribution in [-0.2, 0) is 27.1 Å². The number of hydrogen-bond acceptors (Lipinski definition) is 8. The molecule has 258 valence electrons. The number of amides is 2. The van der Waals surface area contributed by atoms with Crippen molar-refractivity contribution in [3.8, 4) is 0 Å². The number of alkyl carbamates (subject to hydrolysis) is 1. The van der Waals surface area contributed by atoms with Crippen molar-refractivity contribution in [3.63, 3.8) is 0 Å². The van der Waals surface area contributed by atoms with Crippen LogP contribution in [0.15, 0.2) is 36.5 Å². The Hall–Kier alpha value is -3.77. The lowest BCUT2D eigenvalue weighted by Gasteiger charge is -2.42. The lowest BCUT2D eigenvalue weighted by molar-refractivity contribution is 0.0525. The van der Waals surface area contributed by atoms with Gasteiger partial charge in [-0.1, -0.05) is 47.6 Å². The fraction of sp³-hybridized carbons (Fsp3) is 0.571. The van der Waals surface area contributed by atoms with E-state index in [1.54, 1.807) is 6.07 Å². The largest absolute Gasteiger partial charge is 0.464 e. The number of rotatable bonds is 15. The summed E-state index contributed by atoms with van der Waals surface area (Å²) in [5.74, 6) is -0.843. The molecule has 0 fully saturated rings. The molecule has 0 aliphatic rings. The van der Waals surface area contributed by atoms with Gasteiger partial charge in [0.1, 0.15) is 5.60 Å². The second-order valence-electron chi connectivity index (χ2n) is 13.9. The highest BCUT2D eigenvalue weighted by Crippen LogP contribution is 2.42. The number of esters is 1. The van der Waals surface area contributed by atoms with Gasteiger partial charge < -0.3 is 23.8 Å². The Balaban J connectivity index is 1.85. The lowest BCUT2D eigenvalue weighted by Crippen LogP contribution is -2.47. The summed E-state index contributed by atoms with van der Waals surface area (Å²) in [4.78, 5) is 46.6. The smallest absolute Gasteiger partial charge is 0.407 e. The molecule has 2 aromatic heterocycles. The number of carbonyl (C=O) groups is 3. The van der Waals surface area contributed by atoms with Crippen LogP contribution in [0.3, 0.4) is 0 Å². The van der Waals surface area contributed by atoms with Gasteiger partial charge in [-0.15, -0.1) is 0 Å². The molecular weight excluding hydrogens is 615 g/mol. The number of imidazole rings is 1. The quantitative estimate of drug-likeness (QED) is 0.0951. The van der Waals surface area contributed by atoms with Crippen molar-refractivity contribution in [2.24, 2.45) is 0 Å². The number of fused-ring (bicyclic) bond motifs is 1. The average molecular weight is 668 g/mol. The van der Waals surface area contributed by atoms with E-state index < -0.39 is 31.9 Å². The minimum Gasteiger partial charge on any atom is -0.464 e. The van der Waals surface area contributed by atoms with Crippen molar-refractivity contribution in [2.45, 2.75) is 117 Å². The molecule has 0 aliphatic heterocycles. The Morgan fingerprint density at radius 1 is 0.957 bits per heavy atom. The number of aromatic nitrogens is 3. The fourth-order valence-electron chi connectivity index (χ4n) is 6.39. The third-order valence-corrected chi connectivity index (χ3v) is 14.5. The van der Waals surface area contributed by atoms with E-state index in [0.29, 0.717) is 42.3 Å². The number of carbonyl (C=O) groups excluding carboxylic acids is 3. The lowest BCUT2D eigenvalue weighted by atomic mass is 10.2. The minimum absolute atomic E-state index is 0.0693. The molecule has 0 atom stereocenters. The van der Waals surface area contributed by atoms with Gasteiger partial charge in [0, 0.05) is 19.3 Å². The Bertz CT molecular complexity index is 1510. The van der Waals surface area contributed by atoms with Crippen LogP contribution in [0.1, 0.15) is 108 Å². The van der Waals surface area contributed by atoms with Crippen LogP contribution in [-0.4, -0.2) is 60.1 Å². The number of aryl methyl sites for hydroxylation is 1. The minimum atomic E-state index is -2.07. The van der Waals surface area contributed by atoms with Crippen LogP contribution in [0.4, 0.5) is 10.7 Å². The van der Waals surface area contributed by atoms with Gasteiger partial charge in [-0.05, 0) is 86.5 Å². The van der Waals surface area contributed by atoms with E-state index in [4.69, 9.17) is 18.9 Å². The molecule has 2 N–H and O–H groups in total.